The zero-order chi connectivity index (χ0) is 22.9. The fourth-order valence-corrected chi connectivity index (χ4v) is 4.17. The molecule has 1 saturated heterocycles. The quantitative estimate of drug-likeness (QED) is 0.520. The minimum atomic E-state index is 0.0118. The van der Waals surface area contributed by atoms with Gasteiger partial charge in [-0.25, -0.2) is 9.97 Å². The van der Waals surface area contributed by atoms with Crippen molar-refractivity contribution < 1.29 is 4.79 Å². The average molecular weight is 442 g/mol. The van der Waals surface area contributed by atoms with Crippen LogP contribution in [0.5, 0.6) is 0 Å². The molecule has 0 radical (unpaired) electrons. The maximum atomic E-state index is 13.3. The highest BCUT2D eigenvalue weighted by Crippen LogP contribution is 2.21. The van der Waals surface area contributed by atoms with Crippen LogP contribution in [0.3, 0.4) is 0 Å². The second-order valence-electron chi connectivity index (χ2n) is 8.44. The number of benzene rings is 1. The molecule has 0 unspecified atom stereocenters. The first-order chi connectivity index (χ1) is 16.0. The first-order valence-corrected chi connectivity index (χ1v) is 11.2. The van der Waals surface area contributed by atoms with E-state index in [2.05, 4.69) is 39.2 Å². The van der Waals surface area contributed by atoms with E-state index in [-0.39, 0.29) is 5.91 Å². The standard InChI is InChI=1S/C25H27N7O/c1-17-7-9-20(10-8-17)28-21-16-18(2)26-25(29-21)31-14-12-30(13-15-31)24(33)23-19(3)27-22-6-4-5-11-32(22)23/h4-11,16H,12-15H2,1-3H3,(H,26,28,29). The number of hydrogen-bond donors (Lipinski definition) is 1. The van der Waals surface area contributed by atoms with Crippen molar-refractivity contribution in [2.75, 3.05) is 36.4 Å². The summed E-state index contributed by atoms with van der Waals surface area (Å²) in [5.41, 5.74) is 5.28. The summed E-state index contributed by atoms with van der Waals surface area (Å²) in [6.45, 7) is 8.49. The SMILES string of the molecule is Cc1ccc(Nc2cc(C)nc(N3CCN(C(=O)c4c(C)nc5ccccn45)CC3)n2)cc1. The molecule has 4 heterocycles. The molecule has 0 saturated carbocycles. The Balaban J connectivity index is 1.30. The van der Waals surface area contributed by atoms with Crippen LogP contribution in [0, 0.1) is 20.8 Å². The van der Waals surface area contributed by atoms with Crippen LogP contribution in [0.4, 0.5) is 17.5 Å². The van der Waals surface area contributed by atoms with Crippen LogP contribution in [0.25, 0.3) is 5.65 Å². The van der Waals surface area contributed by atoms with E-state index >= 15 is 0 Å². The van der Waals surface area contributed by atoms with E-state index in [1.54, 1.807) is 0 Å². The normalized spacial score (nSPS) is 14.0. The van der Waals surface area contributed by atoms with Crippen LogP contribution in [0.15, 0.2) is 54.7 Å². The van der Waals surface area contributed by atoms with Gasteiger partial charge in [0.2, 0.25) is 5.95 Å². The van der Waals surface area contributed by atoms with Gasteiger partial charge >= 0.3 is 0 Å². The van der Waals surface area contributed by atoms with Crippen molar-refractivity contribution in [3.63, 3.8) is 0 Å². The highest BCUT2D eigenvalue weighted by atomic mass is 16.2. The monoisotopic (exact) mass is 441 g/mol. The molecule has 5 rings (SSSR count). The summed E-state index contributed by atoms with van der Waals surface area (Å²) in [4.78, 5) is 31.2. The van der Waals surface area contributed by atoms with E-state index in [0.29, 0.717) is 37.8 Å². The number of amides is 1. The lowest BCUT2D eigenvalue weighted by atomic mass is 10.2. The Labute approximate surface area is 192 Å². The number of fused-ring (bicyclic) bond motifs is 1. The Morgan fingerprint density at radius 1 is 0.909 bits per heavy atom. The first-order valence-electron chi connectivity index (χ1n) is 11.2. The number of carbonyl (C=O) groups excluding carboxylic acids is 1. The molecule has 1 N–H and O–H groups in total. The van der Waals surface area contributed by atoms with Gasteiger partial charge in [0.05, 0.1) is 5.69 Å². The molecule has 0 atom stereocenters. The van der Waals surface area contributed by atoms with Gasteiger partial charge in [-0.15, -0.1) is 0 Å². The minimum Gasteiger partial charge on any atom is -0.340 e. The third kappa shape index (κ3) is 4.24. The van der Waals surface area contributed by atoms with E-state index in [9.17, 15) is 4.79 Å². The van der Waals surface area contributed by atoms with Crippen LogP contribution >= 0.6 is 0 Å². The second-order valence-corrected chi connectivity index (χ2v) is 8.44. The average Bonchev–Trinajstić information content (AvgIpc) is 3.15. The van der Waals surface area contributed by atoms with Crippen molar-refractivity contribution in [2.24, 2.45) is 0 Å². The number of hydrogen-bond acceptors (Lipinski definition) is 6. The lowest BCUT2D eigenvalue weighted by Crippen LogP contribution is -2.49. The molecule has 1 aliphatic rings. The van der Waals surface area contributed by atoms with Gasteiger partial charge in [-0.3, -0.25) is 9.20 Å². The Morgan fingerprint density at radius 3 is 2.42 bits per heavy atom. The Bertz CT molecular complexity index is 1300. The minimum absolute atomic E-state index is 0.0118. The molecule has 1 fully saturated rings. The zero-order valence-corrected chi connectivity index (χ0v) is 19.1. The van der Waals surface area contributed by atoms with Crippen LogP contribution in [0.1, 0.15) is 27.4 Å². The van der Waals surface area contributed by atoms with E-state index in [4.69, 9.17) is 4.98 Å². The number of piperazine rings is 1. The Morgan fingerprint density at radius 2 is 1.67 bits per heavy atom. The van der Waals surface area contributed by atoms with E-state index < -0.39 is 0 Å². The van der Waals surface area contributed by atoms with Gasteiger partial charge in [-0.2, -0.15) is 4.98 Å². The molecule has 1 aromatic carbocycles. The van der Waals surface area contributed by atoms with E-state index in [0.717, 1.165) is 28.5 Å². The molecule has 3 aromatic heterocycles. The molecule has 168 valence electrons. The first kappa shape index (κ1) is 20.9. The molecular weight excluding hydrogens is 414 g/mol. The van der Waals surface area contributed by atoms with Gasteiger partial charge in [0.25, 0.3) is 5.91 Å². The molecular formula is C25H27N7O. The summed E-state index contributed by atoms with van der Waals surface area (Å²) in [6, 6.07) is 15.9. The van der Waals surface area contributed by atoms with Crippen molar-refractivity contribution in [3.05, 3.63) is 77.4 Å². The molecule has 4 aromatic rings. The summed E-state index contributed by atoms with van der Waals surface area (Å²) in [7, 11) is 0. The Hall–Kier alpha value is -3.94. The summed E-state index contributed by atoms with van der Waals surface area (Å²) >= 11 is 0. The van der Waals surface area contributed by atoms with Gasteiger partial charge in [0.15, 0.2) is 0 Å². The van der Waals surface area contributed by atoms with Gasteiger partial charge in [0.1, 0.15) is 17.2 Å². The lowest BCUT2D eigenvalue weighted by molar-refractivity contribution is 0.0738. The number of aromatic nitrogens is 4. The molecule has 0 bridgehead atoms. The Kier molecular flexibility index (Phi) is 5.42. The summed E-state index contributed by atoms with van der Waals surface area (Å²) in [5.74, 6) is 1.46. The fourth-order valence-electron chi connectivity index (χ4n) is 4.17. The van der Waals surface area contributed by atoms with Gasteiger partial charge < -0.3 is 15.1 Å². The third-order valence-corrected chi connectivity index (χ3v) is 5.92. The van der Waals surface area contributed by atoms with Crippen molar-refractivity contribution in [1.29, 1.82) is 0 Å². The summed E-state index contributed by atoms with van der Waals surface area (Å²) in [5, 5.41) is 3.37. The predicted octanol–water partition coefficient (Wildman–Crippen LogP) is 3.76. The van der Waals surface area contributed by atoms with Crippen LogP contribution in [-0.4, -0.2) is 56.3 Å². The molecule has 33 heavy (non-hydrogen) atoms. The van der Waals surface area contributed by atoms with Gasteiger partial charge in [0, 0.05) is 49.8 Å². The smallest absolute Gasteiger partial charge is 0.272 e. The van der Waals surface area contributed by atoms with Crippen LogP contribution in [0.2, 0.25) is 0 Å². The van der Waals surface area contributed by atoms with Crippen molar-refractivity contribution >= 4 is 29.0 Å². The molecule has 0 aliphatic carbocycles. The van der Waals surface area contributed by atoms with Crippen LogP contribution < -0.4 is 10.2 Å². The molecule has 0 spiro atoms. The molecule has 1 amide bonds. The van der Waals surface area contributed by atoms with Crippen molar-refractivity contribution in [1.82, 2.24) is 24.3 Å². The van der Waals surface area contributed by atoms with Crippen molar-refractivity contribution in [2.45, 2.75) is 20.8 Å². The molecule has 8 nitrogen and oxygen atoms in total. The number of imidazole rings is 1. The molecule has 1 aliphatic heterocycles. The summed E-state index contributed by atoms with van der Waals surface area (Å²) < 4.78 is 1.87. The van der Waals surface area contributed by atoms with Crippen molar-refractivity contribution in [3.8, 4) is 0 Å². The highest BCUT2D eigenvalue weighted by molar-refractivity contribution is 5.94. The largest absolute Gasteiger partial charge is 0.340 e. The number of rotatable bonds is 4. The second kappa shape index (κ2) is 8.54. The topological polar surface area (TPSA) is 78.7 Å². The highest BCUT2D eigenvalue weighted by Gasteiger charge is 2.27. The number of aryl methyl sites for hydroxylation is 3. The van der Waals surface area contributed by atoms with Gasteiger partial charge in [-0.1, -0.05) is 23.8 Å². The number of anilines is 3. The fraction of sp³-hybridized carbons (Fsp3) is 0.280. The molecule has 8 heteroatoms. The number of nitrogens with zero attached hydrogens (tertiary/aromatic N) is 6. The van der Waals surface area contributed by atoms with E-state index in [1.165, 1.54) is 5.56 Å². The third-order valence-electron chi connectivity index (χ3n) is 5.92. The maximum Gasteiger partial charge on any atom is 0.272 e. The maximum absolute atomic E-state index is 13.3. The number of carbonyl (C=O) groups is 1. The predicted molar refractivity (Wildman–Crippen MR) is 129 cm³/mol. The number of nitrogens with one attached hydrogen (secondary N) is 1. The van der Waals surface area contributed by atoms with E-state index in [1.807, 2.05) is 65.7 Å². The van der Waals surface area contributed by atoms with Crippen LogP contribution in [-0.2, 0) is 0 Å². The lowest BCUT2D eigenvalue weighted by Gasteiger charge is -2.35. The van der Waals surface area contributed by atoms with Gasteiger partial charge in [-0.05, 0) is 45.0 Å². The zero-order valence-electron chi connectivity index (χ0n) is 19.1. The summed E-state index contributed by atoms with van der Waals surface area (Å²) in [6.07, 6.45) is 1.89. The number of pyridine rings is 1.